The monoisotopic (exact) mass is 548 g/mol. The Kier molecular flexibility index (Phi) is 14.2. The summed E-state index contributed by atoms with van der Waals surface area (Å²) < 4.78 is 31.1. The zero-order valence-electron chi connectivity index (χ0n) is 23.0. The van der Waals surface area contributed by atoms with E-state index in [1.165, 1.54) is 5.56 Å². The van der Waals surface area contributed by atoms with Gasteiger partial charge in [-0.05, 0) is 44.5 Å². The molecular weight excluding hydrogens is 509 g/mol. The highest BCUT2D eigenvalue weighted by Crippen LogP contribution is 2.17. The number of benzene rings is 1. The minimum absolute atomic E-state index is 0.00601. The second kappa shape index (κ2) is 16.7. The van der Waals surface area contributed by atoms with Crippen LogP contribution in [0.4, 0.5) is 24.7 Å². The van der Waals surface area contributed by atoms with Gasteiger partial charge in [0, 0.05) is 63.4 Å². The van der Waals surface area contributed by atoms with Crippen LogP contribution in [-0.4, -0.2) is 66.0 Å². The fourth-order valence-corrected chi connectivity index (χ4v) is 3.63. The average molecular weight is 549 g/mol. The van der Waals surface area contributed by atoms with Gasteiger partial charge in [-0.15, -0.1) is 0 Å². The highest BCUT2D eigenvalue weighted by molar-refractivity contribution is 5.92. The summed E-state index contributed by atoms with van der Waals surface area (Å²) >= 11 is 0. The third-order valence-corrected chi connectivity index (χ3v) is 5.34. The van der Waals surface area contributed by atoms with Crippen LogP contribution in [0.3, 0.4) is 0 Å². The van der Waals surface area contributed by atoms with Gasteiger partial charge in [-0.3, -0.25) is 9.59 Å². The molecule has 214 valence electrons. The van der Waals surface area contributed by atoms with E-state index in [9.17, 15) is 18.0 Å². The van der Waals surface area contributed by atoms with Crippen molar-refractivity contribution >= 4 is 23.8 Å². The van der Waals surface area contributed by atoms with Crippen LogP contribution in [0, 0.1) is 6.92 Å². The Bertz CT molecular complexity index is 1050. The standard InChI is InChI=1S/C25H33N5O.C2H3F3.CH3NO/c1-5-14-30(19-21(3)27-23-11-9-20(2)10-12-23)22(4)25(31)29-17-15-28(16-18-29)24-8-6-7-13-26-24;1-2(3,4)5;2-1-3/h6-13,19,27H,4-5,14-18H2,1-3H3;1H3;1H,(H2,2,3)/b21-19+;;. The SMILES string of the molecule is C=C(C(=O)N1CCN(c2ccccn2)CC1)N(/C=C(\C)Nc1ccc(C)cc1)CCC.CC(F)(F)F.NC=O. The molecular formula is C28H39F3N6O2. The van der Waals surface area contributed by atoms with Gasteiger partial charge in [-0.25, -0.2) is 4.98 Å². The van der Waals surface area contributed by atoms with E-state index in [0.717, 1.165) is 43.3 Å². The van der Waals surface area contributed by atoms with E-state index in [1.54, 1.807) is 6.20 Å². The van der Waals surface area contributed by atoms with E-state index in [2.05, 4.69) is 65.6 Å². The molecule has 0 bridgehead atoms. The highest BCUT2D eigenvalue weighted by Gasteiger charge is 2.25. The molecule has 11 heteroatoms. The lowest BCUT2D eigenvalue weighted by Gasteiger charge is -2.36. The molecule has 3 N–H and O–H groups in total. The summed E-state index contributed by atoms with van der Waals surface area (Å²) in [5, 5.41) is 3.40. The van der Waals surface area contributed by atoms with Crippen molar-refractivity contribution in [2.75, 3.05) is 42.9 Å². The normalized spacial score (nSPS) is 13.3. The average Bonchev–Trinajstić information content (AvgIpc) is 2.89. The number of carbonyl (C=O) groups excluding carboxylic acids is 2. The fraction of sp³-hybridized carbons (Fsp3) is 0.393. The van der Waals surface area contributed by atoms with Crippen molar-refractivity contribution in [3.63, 3.8) is 0 Å². The summed E-state index contributed by atoms with van der Waals surface area (Å²) in [5.74, 6) is 0.954. The quantitative estimate of drug-likeness (QED) is 0.360. The molecule has 0 radical (unpaired) electrons. The number of halogens is 3. The van der Waals surface area contributed by atoms with Crippen molar-refractivity contribution in [1.82, 2.24) is 14.8 Å². The maximum absolute atomic E-state index is 13.1. The number of aromatic nitrogens is 1. The third-order valence-electron chi connectivity index (χ3n) is 5.34. The number of nitrogens with zero attached hydrogens (tertiary/aromatic N) is 4. The first-order valence-electron chi connectivity index (χ1n) is 12.5. The molecule has 1 aromatic carbocycles. The number of pyridine rings is 1. The van der Waals surface area contributed by atoms with Crippen LogP contribution in [0.25, 0.3) is 0 Å². The van der Waals surface area contributed by atoms with Crippen molar-refractivity contribution in [2.24, 2.45) is 5.73 Å². The zero-order valence-corrected chi connectivity index (χ0v) is 23.0. The molecule has 1 aliphatic heterocycles. The number of anilines is 2. The number of primary amides is 1. The van der Waals surface area contributed by atoms with Gasteiger partial charge in [0.2, 0.25) is 6.41 Å². The Morgan fingerprint density at radius 3 is 2.21 bits per heavy atom. The largest absolute Gasteiger partial charge is 0.386 e. The van der Waals surface area contributed by atoms with E-state index in [4.69, 9.17) is 4.79 Å². The van der Waals surface area contributed by atoms with Crippen molar-refractivity contribution in [3.05, 3.63) is 78.4 Å². The van der Waals surface area contributed by atoms with Gasteiger partial charge in [0.05, 0.1) is 5.70 Å². The second-order valence-electron chi connectivity index (χ2n) is 8.83. The Balaban J connectivity index is 0.000000838. The van der Waals surface area contributed by atoms with Crippen LogP contribution in [-0.2, 0) is 9.59 Å². The van der Waals surface area contributed by atoms with Gasteiger partial charge >= 0.3 is 6.18 Å². The number of amides is 2. The summed E-state index contributed by atoms with van der Waals surface area (Å²) in [5.41, 5.74) is 7.89. The topological polar surface area (TPSA) is 94.8 Å². The number of rotatable bonds is 8. The number of piperazine rings is 1. The molecule has 2 aromatic rings. The molecule has 0 unspecified atom stereocenters. The molecule has 1 fully saturated rings. The van der Waals surface area contributed by atoms with Crippen LogP contribution in [0.2, 0.25) is 0 Å². The lowest BCUT2D eigenvalue weighted by atomic mass is 10.2. The second-order valence-corrected chi connectivity index (χ2v) is 8.83. The van der Waals surface area contributed by atoms with E-state index < -0.39 is 6.18 Å². The third kappa shape index (κ3) is 13.4. The first-order valence-corrected chi connectivity index (χ1v) is 12.5. The van der Waals surface area contributed by atoms with Crippen LogP contribution in [0.15, 0.2) is 72.8 Å². The van der Waals surface area contributed by atoms with E-state index in [0.29, 0.717) is 18.8 Å². The van der Waals surface area contributed by atoms with Crippen LogP contribution < -0.4 is 16.0 Å². The molecule has 39 heavy (non-hydrogen) atoms. The van der Waals surface area contributed by atoms with Crippen molar-refractivity contribution in [1.29, 1.82) is 0 Å². The van der Waals surface area contributed by atoms with Gasteiger partial charge in [-0.2, -0.15) is 13.2 Å². The van der Waals surface area contributed by atoms with Crippen LogP contribution in [0.5, 0.6) is 0 Å². The highest BCUT2D eigenvalue weighted by atomic mass is 19.4. The first kappa shape index (κ1) is 33.0. The number of allylic oxidation sites excluding steroid dienone is 1. The summed E-state index contributed by atoms with van der Waals surface area (Å²) in [6, 6.07) is 14.2. The van der Waals surface area contributed by atoms with E-state index >= 15 is 0 Å². The number of hydrogen-bond donors (Lipinski definition) is 2. The Hall–Kier alpha value is -4.02. The molecule has 2 amide bonds. The molecule has 0 spiro atoms. The molecule has 1 aromatic heterocycles. The summed E-state index contributed by atoms with van der Waals surface area (Å²) in [6.45, 7) is 14.1. The molecule has 0 atom stereocenters. The molecule has 0 saturated carbocycles. The summed E-state index contributed by atoms with van der Waals surface area (Å²) in [7, 11) is 0. The molecule has 1 aliphatic rings. The predicted octanol–water partition coefficient (Wildman–Crippen LogP) is 4.91. The Morgan fingerprint density at radius 1 is 1.15 bits per heavy atom. The van der Waals surface area contributed by atoms with Gasteiger partial charge in [0.15, 0.2) is 0 Å². The molecule has 1 saturated heterocycles. The van der Waals surface area contributed by atoms with Crippen molar-refractivity contribution in [2.45, 2.75) is 40.3 Å². The van der Waals surface area contributed by atoms with Crippen LogP contribution >= 0.6 is 0 Å². The van der Waals surface area contributed by atoms with Gasteiger partial charge in [-0.1, -0.05) is 37.3 Å². The molecule has 2 heterocycles. The fourth-order valence-electron chi connectivity index (χ4n) is 3.63. The lowest BCUT2D eigenvalue weighted by Crippen LogP contribution is -2.50. The lowest BCUT2D eigenvalue weighted by molar-refractivity contribution is -0.128. The molecule has 8 nitrogen and oxygen atoms in total. The maximum atomic E-state index is 13.1. The van der Waals surface area contributed by atoms with Gasteiger partial charge in [0.25, 0.3) is 5.91 Å². The maximum Gasteiger partial charge on any atom is 0.386 e. The van der Waals surface area contributed by atoms with Crippen LogP contribution in [0.1, 0.15) is 32.8 Å². The zero-order chi connectivity index (χ0) is 29.4. The predicted molar refractivity (Wildman–Crippen MR) is 150 cm³/mol. The van der Waals surface area contributed by atoms with E-state index in [-0.39, 0.29) is 19.2 Å². The number of nitrogens with two attached hydrogens (primary N) is 1. The first-order chi connectivity index (χ1) is 18.4. The van der Waals surface area contributed by atoms with Crippen molar-refractivity contribution in [3.8, 4) is 0 Å². The molecule has 3 rings (SSSR count). The number of alkyl halides is 3. The summed E-state index contributed by atoms with van der Waals surface area (Å²) in [4.78, 5) is 32.2. The molecule has 0 aliphatic carbocycles. The summed E-state index contributed by atoms with van der Waals surface area (Å²) in [6.07, 6.45) is 0.957. The van der Waals surface area contributed by atoms with Gasteiger partial charge in [0.1, 0.15) is 5.82 Å². The number of hydrogen-bond acceptors (Lipinski definition) is 6. The Labute approximate surface area is 229 Å². The Morgan fingerprint density at radius 2 is 1.72 bits per heavy atom. The smallest absolute Gasteiger partial charge is 0.372 e. The number of carbonyl (C=O) groups is 2. The minimum atomic E-state index is -4.00. The van der Waals surface area contributed by atoms with Crippen molar-refractivity contribution < 1.29 is 22.8 Å². The van der Waals surface area contributed by atoms with Gasteiger partial charge < -0.3 is 25.8 Å². The minimum Gasteiger partial charge on any atom is -0.372 e. The number of nitrogens with one attached hydrogen (secondary N) is 1. The van der Waals surface area contributed by atoms with E-state index in [1.807, 2.05) is 41.1 Å². The number of aryl methyl sites for hydroxylation is 1.